The number of para-hydroxylation sites is 1. The molecule has 1 saturated heterocycles. The number of nitrogens with zero attached hydrogens (tertiary/aromatic N) is 3. The van der Waals surface area contributed by atoms with Crippen LogP contribution in [0.3, 0.4) is 0 Å². The Kier molecular flexibility index (Phi) is 9.86. The monoisotopic (exact) mass is 809 g/mol. The number of thioether (sulfide) groups is 1. The lowest BCUT2D eigenvalue weighted by molar-refractivity contribution is -0.203. The first-order chi connectivity index (χ1) is 28.0. The van der Waals surface area contributed by atoms with Gasteiger partial charge in [-0.2, -0.15) is 11.8 Å². The van der Waals surface area contributed by atoms with E-state index in [0.29, 0.717) is 49.4 Å². The van der Waals surface area contributed by atoms with Crippen LogP contribution in [-0.4, -0.2) is 133 Å². The molecule has 5 aliphatic heterocycles. The molecule has 9 atom stereocenters. The maximum Gasteiger partial charge on any atom is 0.322 e. The van der Waals surface area contributed by atoms with Gasteiger partial charge >= 0.3 is 5.97 Å². The minimum atomic E-state index is -2.17. The van der Waals surface area contributed by atoms with E-state index in [1.807, 2.05) is 30.3 Å². The lowest BCUT2D eigenvalue weighted by Gasteiger charge is -2.63. The van der Waals surface area contributed by atoms with E-state index >= 15 is 4.79 Å². The molecule has 4 N–H and O–H groups in total. The fourth-order valence-electron chi connectivity index (χ4n) is 13.0. The number of benzene rings is 2. The molecule has 310 valence electrons. The summed E-state index contributed by atoms with van der Waals surface area (Å²) in [4.78, 5) is 40.7. The van der Waals surface area contributed by atoms with Crippen molar-refractivity contribution in [1.82, 2.24) is 20.1 Å². The third kappa shape index (κ3) is 5.20. The van der Waals surface area contributed by atoms with Crippen molar-refractivity contribution in [2.75, 3.05) is 77.4 Å². The average Bonchev–Trinajstić information content (AvgIpc) is 3.90. The van der Waals surface area contributed by atoms with Crippen molar-refractivity contribution in [2.45, 2.75) is 80.6 Å². The van der Waals surface area contributed by atoms with Crippen LogP contribution in [0.1, 0.15) is 61.9 Å². The van der Waals surface area contributed by atoms with Crippen molar-refractivity contribution in [3.63, 3.8) is 0 Å². The first-order valence-electron chi connectivity index (χ1n) is 21.2. The standard InChI is InChI=1S/C46H59N5O6S/c1-7-28-22-29-25-45(42(54)57-5,37-31(14-19-50(26-28)27-29)30-12-9-10-13-34(30)48-37)33-23-32-35(24-36(33)56-4)49(3)39-44(32)16-20-51-18-11-15-43(8-2,38(44)51)40(52)46(39,55)41(53)47-17-21-58-6/h9-13,15,22-24,29,38-40,48,52,55H,7-8,14,16-21,25-27H2,1-6H3,(H,47,53)/t29-,38+,39-,40-,43-,44-,45+,46+/m1/s1. The van der Waals surface area contributed by atoms with E-state index < -0.39 is 39.9 Å². The van der Waals surface area contributed by atoms with E-state index in [1.54, 1.807) is 18.9 Å². The van der Waals surface area contributed by atoms with Gasteiger partial charge in [-0.15, -0.1) is 0 Å². The van der Waals surface area contributed by atoms with Gasteiger partial charge < -0.3 is 34.9 Å². The highest BCUT2D eigenvalue weighted by Gasteiger charge is 2.78. The highest BCUT2D eigenvalue weighted by molar-refractivity contribution is 7.98. The third-order valence-electron chi connectivity index (χ3n) is 15.3. The van der Waals surface area contributed by atoms with Crippen molar-refractivity contribution >= 4 is 40.2 Å². The summed E-state index contributed by atoms with van der Waals surface area (Å²) >= 11 is 1.61. The van der Waals surface area contributed by atoms with Crippen LogP contribution in [-0.2, 0) is 31.6 Å². The van der Waals surface area contributed by atoms with Gasteiger partial charge in [0.2, 0.25) is 0 Å². The number of carbonyl (C=O) groups is 2. The van der Waals surface area contributed by atoms with Gasteiger partial charge in [0.05, 0.1) is 20.3 Å². The van der Waals surface area contributed by atoms with Gasteiger partial charge in [-0.1, -0.05) is 55.8 Å². The van der Waals surface area contributed by atoms with E-state index in [1.165, 1.54) is 12.7 Å². The second-order valence-corrected chi connectivity index (χ2v) is 18.7. The van der Waals surface area contributed by atoms with E-state index in [4.69, 9.17) is 9.47 Å². The predicted molar refractivity (Wildman–Crippen MR) is 229 cm³/mol. The molecule has 12 heteroatoms. The Balaban J connectivity index is 1.34. The third-order valence-corrected chi connectivity index (χ3v) is 15.9. The molecule has 1 aromatic heterocycles. The number of carbonyl (C=O) groups excluding carboxylic acids is 2. The summed E-state index contributed by atoms with van der Waals surface area (Å²) in [5, 5.41) is 30.1. The first kappa shape index (κ1) is 39.6. The maximum atomic E-state index is 15.3. The number of aliphatic hydroxyl groups is 2. The van der Waals surface area contributed by atoms with Gasteiger partial charge in [-0.05, 0) is 74.1 Å². The summed E-state index contributed by atoms with van der Waals surface area (Å²) in [6.07, 6.45) is 10.5. The number of H-pyrrole nitrogens is 1. The Morgan fingerprint density at radius 2 is 1.91 bits per heavy atom. The zero-order chi connectivity index (χ0) is 40.8. The molecule has 3 aromatic rings. The number of fused-ring (bicyclic) bond motifs is 6. The van der Waals surface area contributed by atoms with Crippen molar-refractivity contribution < 1.29 is 29.3 Å². The average molecular weight is 810 g/mol. The number of hydrogen-bond acceptors (Lipinski definition) is 10. The molecule has 1 aliphatic carbocycles. The number of hydrogen-bond donors (Lipinski definition) is 4. The van der Waals surface area contributed by atoms with Gasteiger partial charge in [0, 0.05) is 96.3 Å². The van der Waals surface area contributed by atoms with Crippen LogP contribution in [0.5, 0.6) is 5.75 Å². The van der Waals surface area contributed by atoms with E-state index in [2.05, 4.69) is 76.4 Å². The zero-order valence-electron chi connectivity index (χ0n) is 34.8. The number of nitrogens with one attached hydrogen (secondary N) is 2. The molecule has 2 bridgehead atoms. The molecule has 2 fully saturated rings. The fourth-order valence-corrected chi connectivity index (χ4v) is 13.3. The second-order valence-electron chi connectivity index (χ2n) is 17.7. The Morgan fingerprint density at radius 1 is 1.10 bits per heavy atom. The zero-order valence-corrected chi connectivity index (χ0v) is 35.6. The molecular formula is C46H59N5O6S. The van der Waals surface area contributed by atoms with Crippen LogP contribution in [0.2, 0.25) is 0 Å². The largest absolute Gasteiger partial charge is 0.496 e. The number of aromatic nitrogens is 1. The Bertz CT molecular complexity index is 2200. The lowest BCUT2D eigenvalue weighted by atomic mass is 9.47. The van der Waals surface area contributed by atoms with Crippen LogP contribution >= 0.6 is 11.8 Å². The molecule has 9 rings (SSSR count). The molecule has 0 radical (unpaired) electrons. The van der Waals surface area contributed by atoms with Crippen LogP contribution in [0.25, 0.3) is 10.9 Å². The number of likely N-dealkylation sites (N-methyl/N-ethyl adjacent to an activating group) is 1. The maximum absolute atomic E-state index is 15.3. The highest BCUT2D eigenvalue weighted by Crippen LogP contribution is 2.67. The van der Waals surface area contributed by atoms with Crippen LogP contribution in [0.15, 0.2) is 60.2 Å². The number of aliphatic hydroxyl groups excluding tert-OH is 1. The van der Waals surface area contributed by atoms with E-state index in [-0.39, 0.29) is 17.9 Å². The molecule has 11 nitrogen and oxygen atoms in total. The molecule has 1 saturated carbocycles. The summed E-state index contributed by atoms with van der Waals surface area (Å²) in [7, 11) is 5.07. The van der Waals surface area contributed by atoms with Gasteiger partial charge in [0.25, 0.3) is 5.91 Å². The highest BCUT2D eigenvalue weighted by atomic mass is 32.2. The Hall–Kier alpha value is -3.81. The Labute approximate surface area is 346 Å². The minimum Gasteiger partial charge on any atom is -0.496 e. The smallest absolute Gasteiger partial charge is 0.322 e. The van der Waals surface area contributed by atoms with Gasteiger partial charge in [0.15, 0.2) is 5.60 Å². The number of amides is 1. The van der Waals surface area contributed by atoms with Crippen molar-refractivity contribution in [2.24, 2.45) is 11.3 Å². The lowest BCUT2D eigenvalue weighted by Crippen LogP contribution is -2.81. The van der Waals surface area contributed by atoms with Crippen molar-refractivity contribution in [3.8, 4) is 5.75 Å². The number of rotatable bonds is 9. The van der Waals surface area contributed by atoms with E-state index in [9.17, 15) is 15.0 Å². The Morgan fingerprint density at radius 3 is 2.66 bits per heavy atom. The van der Waals surface area contributed by atoms with Crippen molar-refractivity contribution in [1.29, 1.82) is 0 Å². The molecule has 1 amide bonds. The summed E-state index contributed by atoms with van der Waals surface area (Å²) < 4.78 is 12.4. The molecule has 2 aromatic carbocycles. The van der Waals surface area contributed by atoms with Gasteiger partial charge in [-0.3, -0.25) is 19.4 Å². The molecule has 6 aliphatic rings. The predicted octanol–water partition coefficient (Wildman–Crippen LogP) is 4.53. The SMILES string of the molecule is CCC1=C[C@H]2CN(CCc3c([nH]c4ccccc34)[C@@](C(=O)OC)(c3cc4c(cc3OC)N(C)[C@H]3[C@@](O)(C(=O)NCCSC)[C@H](O)[C@]5(CC)C=CCN6CC[C@]43[C@@H]65)C2)C1. The number of esters is 1. The first-order valence-corrected chi connectivity index (χ1v) is 22.5. The van der Waals surface area contributed by atoms with Crippen molar-refractivity contribution in [3.05, 3.63) is 82.6 Å². The van der Waals surface area contributed by atoms with Gasteiger partial charge in [0.1, 0.15) is 17.3 Å². The minimum absolute atomic E-state index is 0.0461. The van der Waals surface area contributed by atoms with Crippen LogP contribution in [0, 0.1) is 11.3 Å². The topological polar surface area (TPSA) is 131 Å². The fraction of sp³-hybridized carbons (Fsp3) is 0.565. The van der Waals surface area contributed by atoms with Gasteiger partial charge in [-0.25, -0.2) is 0 Å². The van der Waals surface area contributed by atoms with E-state index in [0.717, 1.165) is 72.4 Å². The summed E-state index contributed by atoms with van der Waals surface area (Å²) in [6.45, 7) is 8.68. The summed E-state index contributed by atoms with van der Waals surface area (Å²) in [6, 6.07) is 11.5. The number of methoxy groups -OCH3 is 2. The number of aromatic amines is 1. The molecule has 6 heterocycles. The quantitative estimate of drug-likeness (QED) is 0.139. The summed E-state index contributed by atoms with van der Waals surface area (Å²) in [5.41, 5.74) is 1.59. The molecular weight excluding hydrogens is 751 g/mol. The molecule has 1 unspecified atom stereocenters. The van der Waals surface area contributed by atoms with Crippen LogP contribution < -0.4 is 15.0 Å². The molecule has 1 spiro atoms. The normalized spacial score (nSPS) is 34.9. The van der Waals surface area contributed by atoms with Crippen LogP contribution in [0.4, 0.5) is 5.69 Å². The number of anilines is 1. The number of ether oxygens (including phenoxy) is 2. The summed E-state index contributed by atoms with van der Waals surface area (Å²) in [5.74, 6) is 0.350. The second kappa shape index (κ2) is 14.4. The molecule has 58 heavy (non-hydrogen) atoms.